The summed E-state index contributed by atoms with van der Waals surface area (Å²) in [5, 5.41) is 9.28. The van der Waals surface area contributed by atoms with Crippen LogP contribution in [0.5, 0.6) is 0 Å². The van der Waals surface area contributed by atoms with Gasteiger partial charge in [-0.05, 0) is 95.9 Å². The summed E-state index contributed by atoms with van der Waals surface area (Å²) in [6, 6.07) is 5.58. The lowest BCUT2D eigenvalue weighted by Crippen LogP contribution is -2.32. The Bertz CT molecular complexity index is 1230. The molecule has 2 rings (SSSR count). The molecular formula is C32H52N4O6. The van der Waals surface area contributed by atoms with Crippen molar-refractivity contribution in [3.8, 4) is 0 Å². The van der Waals surface area contributed by atoms with E-state index in [0.29, 0.717) is 25.4 Å². The maximum atomic E-state index is 12.4. The lowest BCUT2D eigenvalue weighted by molar-refractivity contribution is -0.147. The van der Waals surface area contributed by atoms with Crippen LogP contribution >= 0.6 is 0 Å². The first-order valence-electron chi connectivity index (χ1n) is 14.8. The van der Waals surface area contributed by atoms with E-state index in [9.17, 15) is 24.3 Å². The number of nitrogens with zero attached hydrogens (tertiary/aromatic N) is 4. The van der Waals surface area contributed by atoms with Crippen LogP contribution in [-0.4, -0.2) is 83.9 Å². The Morgan fingerprint density at radius 2 is 1.19 bits per heavy atom. The van der Waals surface area contributed by atoms with E-state index in [0.717, 1.165) is 37.1 Å². The lowest BCUT2D eigenvalue weighted by atomic mass is 10.0. The molecule has 10 nitrogen and oxygen atoms in total. The lowest BCUT2D eigenvalue weighted by Gasteiger charge is -2.20. The maximum absolute atomic E-state index is 12.4. The highest BCUT2D eigenvalue weighted by Crippen LogP contribution is 2.18. The summed E-state index contributed by atoms with van der Waals surface area (Å²) in [4.78, 5) is 52.0. The standard InChI is InChI=1S/C17H28N2O3.C15H24N2O3/c1-6-22-17(21)15(11-13(2)3)19-10-8-14(12-16(19)20)7-9-18(4)5;1-11(2)9-13(15(19)20)17-8-6-12(10-14(17)18)5-7-16(3)4/h8,10,12-13,15H,6-7,9,11H2,1-5H3;6,8,10-11,13H,5,7,9H2,1-4H3,(H,19,20). The molecule has 0 aliphatic rings. The van der Waals surface area contributed by atoms with Crippen LogP contribution in [0.4, 0.5) is 0 Å². The minimum absolute atomic E-state index is 0.144. The monoisotopic (exact) mass is 588 g/mol. The Balaban J connectivity index is 0.000000422. The number of aliphatic carboxylic acids is 1. The van der Waals surface area contributed by atoms with Gasteiger partial charge in [0.25, 0.3) is 11.1 Å². The molecule has 1 N–H and O–H groups in total. The van der Waals surface area contributed by atoms with Gasteiger partial charge in [0.15, 0.2) is 0 Å². The van der Waals surface area contributed by atoms with Gasteiger partial charge in [0, 0.05) is 37.6 Å². The van der Waals surface area contributed by atoms with Crippen LogP contribution in [0.3, 0.4) is 0 Å². The molecule has 2 unspecified atom stereocenters. The van der Waals surface area contributed by atoms with E-state index in [-0.39, 0.29) is 23.0 Å². The van der Waals surface area contributed by atoms with Gasteiger partial charge in [0.2, 0.25) is 0 Å². The molecular weight excluding hydrogens is 536 g/mol. The number of ether oxygens (including phenoxy) is 1. The van der Waals surface area contributed by atoms with Gasteiger partial charge in [-0.3, -0.25) is 9.59 Å². The number of hydrogen-bond acceptors (Lipinski definition) is 7. The van der Waals surface area contributed by atoms with E-state index < -0.39 is 18.1 Å². The number of carbonyl (C=O) groups is 2. The van der Waals surface area contributed by atoms with Crippen molar-refractivity contribution in [2.75, 3.05) is 47.9 Å². The number of rotatable bonds is 15. The molecule has 0 radical (unpaired) electrons. The number of likely N-dealkylation sites (N-methyl/N-ethyl adjacent to an activating group) is 2. The molecule has 0 bridgehead atoms. The fourth-order valence-electron chi connectivity index (χ4n) is 4.38. The van der Waals surface area contributed by atoms with Gasteiger partial charge in [-0.2, -0.15) is 0 Å². The highest BCUT2D eigenvalue weighted by atomic mass is 16.5. The molecule has 0 fully saturated rings. The largest absolute Gasteiger partial charge is 0.480 e. The predicted octanol–water partition coefficient (Wildman–Crippen LogP) is 3.73. The Morgan fingerprint density at radius 3 is 1.52 bits per heavy atom. The van der Waals surface area contributed by atoms with Crippen LogP contribution in [-0.2, 0) is 27.2 Å². The Kier molecular flexibility index (Phi) is 16.1. The van der Waals surface area contributed by atoms with Gasteiger partial charge in [-0.15, -0.1) is 0 Å². The number of aromatic nitrogens is 2. The molecule has 0 amide bonds. The van der Waals surface area contributed by atoms with Gasteiger partial charge in [0.1, 0.15) is 12.1 Å². The van der Waals surface area contributed by atoms with Crippen molar-refractivity contribution in [3.05, 3.63) is 68.5 Å². The van der Waals surface area contributed by atoms with Crippen molar-refractivity contribution < 1.29 is 19.4 Å². The first kappa shape index (κ1) is 36.8. The third-order valence-corrected chi connectivity index (χ3v) is 6.63. The molecule has 2 aromatic rings. The summed E-state index contributed by atoms with van der Waals surface area (Å²) in [5.41, 5.74) is 1.54. The Hall–Kier alpha value is -3.24. The first-order valence-corrected chi connectivity index (χ1v) is 14.8. The van der Waals surface area contributed by atoms with Crippen LogP contribution in [0.15, 0.2) is 46.2 Å². The second-order valence-electron chi connectivity index (χ2n) is 12.0. The van der Waals surface area contributed by atoms with Gasteiger partial charge < -0.3 is 28.8 Å². The van der Waals surface area contributed by atoms with Crippen LogP contribution < -0.4 is 11.1 Å². The average molecular weight is 589 g/mol. The molecule has 0 aliphatic heterocycles. The maximum Gasteiger partial charge on any atom is 0.329 e. The highest BCUT2D eigenvalue weighted by molar-refractivity contribution is 5.74. The summed E-state index contributed by atoms with van der Waals surface area (Å²) in [7, 11) is 7.95. The summed E-state index contributed by atoms with van der Waals surface area (Å²) in [6.45, 7) is 11.8. The smallest absolute Gasteiger partial charge is 0.329 e. The van der Waals surface area contributed by atoms with E-state index in [1.807, 2.05) is 72.9 Å². The van der Waals surface area contributed by atoms with Crippen LogP contribution in [0.1, 0.15) is 70.7 Å². The summed E-state index contributed by atoms with van der Waals surface area (Å²) < 4.78 is 7.94. The van der Waals surface area contributed by atoms with E-state index in [1.54, 1.807) is 31.5 Å². The second kappa shape index (κ2) is 18.3. The molecule has 42 heavy (non-hydrogen) atoms. The normalized spacial score (nSPS) is 12.8. The summed E-state index contributed by atoms with van der Waals surface area (Å²) >= 11 is 0. The second-order valence-corrected chi connectivity index (χ2v) is 12.0. The summed E-state index contributed by atoms with van der Waals surface area (Å²) in [6.07, 6.45) is 5.97. The zero-order valence-electron chi connectivity index (χ0n) is 27.0. The number of pyridine rings is 2. The number of esters is 1. The molecule has 0 spiro atoms. The predicted molar refractivity (Wildman–Crippen MR) is 167 cm³/mol. The van der Waals surface area contributed by atoms with E-state index >= 15 is 0 Å². The van der Waals surface area contributed by atoms with Crippen molar-refractivity contribution in [1.82, 2.24) is 18.9 Å². The van der Waals surface area contributed by atoms with Crippen LogP contribution in [0, 0.1) is 11.8 Å². The Labute approximate surface area is 250 Å². The molecule has 0 saturated carbocycles. The molecule has 10 heteroatoms. The van der Waals surface area contributed by atoms with Crippen molar-refractivity contribution in [3.63, 3.8) is 0 Å². The Morgan fingerprint density at radius 1 is 0.786 bits per heavy atom. The molecule has 0 aromatic carbocycles. The third kappa shape index (κ3) is 13.2. The zero-order chi connectivity index (χ0) is 32.0. The topological polar surface area (TPSA) is 114 Å². The van der Waals surface area contributed by atoms with Crippen molar-refractivity contribution in [2.24, 2.45) is 11.8 Å². The first-order chi connectivity index (χ1) is 19.7. The molecule has 236 valence electrons. The highest BCUT2D eigenvalue weighted by Gasteiger charge is 2.24. The van der Waals surface area contributed by atoms with Crippen molar-refractivity contribution >= 4 is 11.9 Å². The number of carbonyl (C=O) groups excluding carboxylic acids is 1. The minimum Gasteiger partial charge on any atom is -0.480 e. The quantitative estimate of drug-likeness (QED) is 0.313. The van der Waals surface area contributed by atoms with Gasteiger partial charge in [0.05, 0.1) is 6.61 Å². The van der Waals surface area contributed by atoms with Crippen molar-refractivity contribution in [1.29, 1.82) is 0 Å². The molecule has 2 heterocycles. The summed E-state index contributed by atoms with van der Waals surface area (Å²) in [5.74, 6) is -0.771. The zero-order valence-corrected chi connectivity index (χ0v) is 27.0. The third-order valence-electron chi connectivity index (χ3n) is 6.63. The molecule has 0 saturated heterocycles. The molecule has 2 aromatic heterocycles. The SMILES string of the molecule is CC(C)CC(C(=O)O)n1ccc(CCN(C)C)cc1=O.CCOC(=O)C(CC(C)C)n1ccc(CCN(C)C)cc1=O. The van der Waals surface area contributed by atoms with Crippen LogP contribution in [0.25, 0.3) is 0 Å². The fraction of sp³-hybridized carbons (Fsp3) is 0.625. The van der Waals surface area contributed by atoms with E-state index in [1.165, 1.54) is 9.13 Å². The van der Waals surface area contributed by atoms with Crippen molar-refractivity contribution in [2.45, 2.75) is 72.4 Å². The van der Waals surface area contributed by atoms with E-state index in [2.05, 4.69) is 4.90 Å². The van der Waals surface area contributed by atoms with Gasteiger partial charge in [-0.1, -0.05) is 27.7 Å². The average Bonchev–Trinajstić information content (AvgIpc) is 2.88. The number of carboxylic acids is 1. The molecule has 2 atom stereocenters. The van der Waals surface area contributed by atoms with Crippen LogP contribution in [0.2, 0.25) is 0 Å². The minimum atomic E-state index is -0.957. The van der Waals surface area contributed by atoms with E-state index in [4.69, 9.17) is 4.74 Å². The van der Waals surface area contributed by atoms with Gasteiger partial charge in [-0.25, -0.2) is 9.59 Å². The number of carboxylic acid groups (broad SMARTS) is 1. The van der Waals surface area contributed by atoms with Gasteiger partial charge >= 0.3 is 11.9 Å². The number of hydrogen-bond donors (Lipinski definition) is 1. The molecule has 0 aliphatic carbocycles. The fourth-order valence-corrected chi connectivity index (χ4v) is 4.38.